The number of allylic oxidation sites excluding steroid dienone is 2. The molecule has 0 aliphatic carbocycles. The molecule has 0 radical (unpaired) electrons. The number of hydrogen-bond donors (Lipinski definition) is 0. The summed E-state index contributed by atoms with van der Waals surface area (Å²) in [5.74, 6) is 0. The second-order valence-electron chi connectivity index (χ2n) is 5.95. The van der Waals surface area contributed by atoms with Gasteiger partial charge in [0.25, 0.3) is 0 Å². The molecule has 72 valence electrons. The van der Waals surface area contributed by atoms with Crippen molar-refractivity contribution in [2.24, 2.45) is 10.8 Å². The zero-order valence-corrected chi connectivity index (χ0v) is 9.78. The average molecular weight is 168 g/mol. The molecule has 0 aliphatic rings. The molecule has 0 aromatic carbocycles. The molecule has 0 atom stereocenters. The quantitative estimate of drug-likeness (QED) is 0.536. The Kier molecular flexibility index (Phi) is 3.56. The highest BCUT2D eigenvalue weighted by Gasteiger charge is 2.22. The topological polar surface area (TPSA) is 0 Å². The van der Waals surface area contributed by atoms with E-state index in [4.69, 9.17) is 0 Å². The molecule has 0 spiro atoms. The first-order chi connectivity index (χ1) is 5.12. The SMILES string of the molecule is CC(C)=CC(C)(C)CC(C)(C)C. The Morgan fingerprint density at radius 3 is 1.67 bits per heavy atom. The van der Waals surface area contributed by atoms with Crippen molar-refractivity contribution in [2.45, 2.75) is 54.9 Å². The molecular weight excluding hydrogens is 144 g/mol. The van der Waals surface area contributed by atoms with Crippen molar-refractivity contribution < 1.29 is 0 Å². The smallest absolute Gasteiger partial charge is 0.0167 e. The highest BCUT2D eigenvalue weighted by atomic mass is 14.3. The van der Waals surface area contributed by atoms with Crippen LogP contribution in [-0.2, 0) is 0 Å². The molecule has 0 aromatic rings. The zero-order valence-electron chi connectivity index (χ0n) is 9.78. The Morgan fingerprint density at radius 1 is 1.00 bits per heavy atom. The van der Waals surface area contributed by atoms with Crippen LogP contribution >= 0.6 is 0 Å². The van der Waals surface area contributed by atoms with Gasteiger partial charge in [-0.05, 0) is 31.1 Å². The van der Waals surface area contributed by atoms with Crippen LogP contribution in [0.4, 0.5) is 0 Å². The van der Waals surface area contributed by atoms with E-state index in [-0.39, 0.29) is 0 Å². The molecule has 0 nitrogen and oxygen atoms in total. The van der Waals surface area contributed by atoms with Crippen LogP contribution in [-0.4, -0.2) is 0 Å². The molecule has 0 aromatic heterocycles. The van der Waals surface area contributed by atoms with E-state index in [0.29, 0.717) is 10.8 Å². The van der Waals surface area contributed by atoms with Gasteiger partial charge in [-0.2, -0.15) is 0 Å². The molecule has 0 unspecified atom stereocenters. The van der Waals surface area contributed by atoms with Crippen LogP contribution in [0.3, 0.4) is 0 Å². The van der Waals surface area contributed by atoms with E-state index in [1.165, 1.54) is 12.0 Å². The summed E-state index contributed by atoms with van der Waals surface area (Å²) in [4.78, 5) is 0. The predicted octanol–water partition coefficient (Wildman–Crippen LogP) is 4.42. The van der Waals surface area contributed by atoms with Gasteiger partial charge < -0.3 is 0 Å². The normalized spacial score (nSPS) is 12.9. The molecule has 0 saturated heterocycles. The monoisotopic (exact) mass is 168 g/mol. The second-order valence-corrected chi connectivity index (χ2v) is 5.95. The lowest BCUT2D eigenvalue weighted by molar-refractivity contribution is 0.261. The maximum absolute atomic E-state index is 2.37. The maximum Gasteiger partial charge on any atom is -0.0167 e. The molecule has 0 aliphatic heterocycles. The van der Waals surface area contributed by atoms with Crippen LogP contribution in [0.1, 0.15) is 54.9 Å². The van der Waals surface area contributed by atoms with Gasteiger partial charge in [0.1, 0.15) is 0 Å². The van der Waals surface area contributed by atoms with Gasteiger partial charge in [0.15, 0.2) is 0 Å². The van der Waals surface area contributed by atoms with Crippen LogP contribution in [0, 0.1) is 10.8 Å². The van der Waals surface area contributed by atoms with E-state index >= 15 is 0 Å². The van der Waals surface area contributed by atoms with Crippen molar-refractivity contribution >= 4 is 0 Å². The van der Waals surface area contributed by atoms with Gasteiger partial charge in [-0.1, -0.05) is 46.3 Å². The van der Waals surface area contributed by atoms with Crippen molar-refractivity contribution in [1.29, 1.82) is 0 Å². The second kappa shape index (κ2) is 3.64. The largest absolute Gasteiger partial charge is 0.0802 e. The van der Waals surface area contributed by atoms with E-state index in [1.54, 1.807) is 0 Å². The van der Waals surface area contributed by atoms with Gasteiger partial charge in [-0.15, -0.1) is 0 Å². The van der Waals surface area contributed by atoms with Gasteiger partial charge in [-0.3, -0.25) is 0 Å². The Balaban J connectivity index is 4.34. The molecule has 0 amide bonds. The Labute approximate surface area is 78.1 Å². The van der Waals surface area contributed by atoms with Crippen molar-refractivity contribution in [3.8, 4) is 0 Å². The predicted molar refractivity (Wildman–Crippen MR) is 57.3 cm³/mol. The summed E-state index contributed by atoms with van der Waals surface area (Å²) in [5.41, 5.74) is 2.19. The van der Waals surface area contributed by atoms with Crippen molar-refractivity contribution in [1.82, 2.24) is 0 Å². The molecule has 0 heterocycles. The number of rotatable bonds is 2. The average Bonchev–Trinajstić information content (AvgIpc) is 1.48. The molecule has 0 saturated carbocycles. The fourth-order valence-corrected chi connectivity index (χ4v) is 2.20. The molecule has 0 bridgehead atoms. The van der Waals surface area contributed by atoms with Crippen LogP contribution in [0.5, 0.6) is 0 Å². The summed E-state index contributed by atoms with van der Waals surface area (Å²) in [7, 11) is 0. The minimum Gasteiger partial charge on any atom is -0.0802 e. The van der Waals surface area contributed by atoms with Crippen molar-refractivity contribution in [2.75, 3.05) is 0 Å². The molecule has 0 fully saturated rings. The van der Waals surface area contributed by atoms with Gasteiger partial charge in [0, 0.05) is 0 Å². The van der Waals surface area contributed by atoms with Crippen molar-refractivity contribution in [3.05, 3.63) is 11.6 Å². The summed E-state index contributed by atoms with van der Waals surface area (Å²) in [5, 5.41) is 0. The lowest BCUT2D eigenvalue weighted by atomic mass is 9.75. The van der Waals surface area contributed by atoms with Crippen LogP contribution in [0.25, 0.3) is 0 Å². The first-order valence-corrected chi connectivity index (χ1v) is 4.78. The van der Waals surface area contributed by atoms with Gasteiger partial charge >= 0.3 is 0 Å². The van der Waals surface area contributed by atoms with E-state index < -0.39 is 0 Å². The summed E-state index contributed by atoms with van der Waals surface area (Å²) in [6.45, 7) is 15.9. The molecule has 0 rings (SSSR count). The van der Waals surface area contributed by atoms with Crippen LogP contribution in [0.15, 0.2) is 11.6 Å². The van der Waals surface area contributed by atoms with E-state index in [9.17, 15) is 0 Å². The van der Waals surface area contributed by atoms with Crippen LogP contribution in [0.2, 0.25) is 0 Å². The summed E-state index contributed by atoms with van der Waals surface area (Å²) < 4.78 is 0. The molecule has 0 heteroatoms. The first-order valence-electron chi connectivity index (χ1n) is 4.78. The molecule has 0 N–H and O–H groups in total. The third-order valence-electron chi connectivity index (χ3n) is 1.67. The van der Waals surface area contributed by atoms with Gasteiger partial charge in [-0.25, -0.2) is 0 Å². The third kappa shape index (κ3) is 6.45. The lowest BCUT2D eigenvalue weighted by Gasteiger charge is -2.30. The summed E-state index contributed by atoms with van der Waals surface area (Å²) in [6, 6.07) is 0. The summed E-state index contributed by atoms with van der Waals surface area (Å²) in [6.07, 6.45) is 3.61. The Hall–Kier alpha value is -0.260. The molecule has 12 heavy (non-hydrogen) atoms. The van der Waals surface area contributed by atoms with Crippen molar-refractivity contribution in [3.63, 3.8) is 0 Å². The standard InChI is InChI=1S/C12H24/c1-10(2)8-12(6,7)9-11(3,4)5/h8H,9H2,1-7H3. The van der Waals surface area contributed by atoms with E-state index in [1.807, 2.05) is 0 Å². The third-order valence-corrected chi connectivity index (χ3v) is 1.67. The lowest BCUT2D eigenvalue weighted by Crippen LogP contribution is -2.18. The molecular formula is C12H24. The fourth-order valence-electron chi connectivity index (χ4n) is 2.20. The zero-order chi connectivity index (χ0) is 9.99. The minimum atomic E-state index is 0.344. The first kappa shape index (κ1) is 11.7. The highest BCUT2D eigenvalue weighted by Crippen LogP contribution is 2.34. The van der Waals surface area contributed by atoms with Crippen LogP contribution < -0.4 is 0 Å². The van der Waals surface area contributed by atoms with Gasteiger partial charge in [0.2, 0.25) is 0 Å². The number of hydrogen-bond acceptors (Lipinski definition) is 0. The minimum absolute atomic E-state index is 0.344. The Morgan fingerprint density at radius 2 is 1.42 bits per heavy atom. The maximum atomic E-state index is 2.37. The Bertz CT molecular complexity index is 161. The fraction of sp³-hybridized carbons (Fsp3) is 0.833. The van der Waals surface area contributed by atoms with E-state index in [2.05, 4.69) is 54.5 Å². The highest BCUT2D eigenvalue weighted by molar-refractivity contribution is 5.03. The van der Waals surface area contributed by atoms with Gasteiger partial charge in [0.05, 0.1) is 0 Å². The summed E-state index contributed by atoms with van der Waals surface area (Å²) >= 11 is 0. The van der Waals surface area contributed by atoms with E-state index in [0.717, 1.165) is 0 Å².